The van der Waals surface area contributed by atoms with Gasteiger partial charge < -0.3 is 4.90 Å². The van der Waals surface area contributed by atoms with Gasteiger partial charge in [0, 0.05) is 42.8 Å². The van der Waals surface area contributed by atoms with Crippen LogP contribution in [0.1, 0.15) is 27.3 Å². The first-order valence-electron chi connectivity index (χ1n) is 10.5. The minimum Gasteiger partial charge on any atom is -0.336 e. The molecule has 1 aliphatic heterocycles. The first kappa shape index (κ1) is 22.0. The smallest absolute Gasteiger partial charge is 0.253 e. The molecule has 0 aliphatic carbocycles. The molecule has 0 spiro atoms. The van der Waals surface area contributed by atoms with Gasteiger partial charge in [-0.05, 0) is 55.8 Å². The molecule has 7 nitrogen and oxygen atoms in total. The monoisotopic (exact) mass is 450 g/mol. The lowest BCUT2D eigenvalue weighted by Crippen LogP contribution is -2.50. The summed E-state index contributed by atoms with van der Waals surface area (Å²) in [6.07, 6.45) is 1.59. The van der Waals surface area contributed by atoms with Crippen LogP contribution in [0.4, 0.5) is 0 Å². The Hall–Kier alpha value is -3.23. The minimum atomic E-state index is -3.53. The van der Waals surface area contributed by atoms with Crippen LogP contribution in [0.15, 0.2) is 66.1 Å². The van der Waals surface area contributed by atoms with Crippen molar-refractivity contribution in [3.8, 4) is 5.69 Å². The Bertz CT molecular complexity index is 1220. The van der Waals surface area contributed by atoms with E-state index in [4.69, 9.17) is 0 Å². The number of nitrogens with zero attached hydrogens (tertiary/aromatic N) is 4. The van der Waals surface area contributed by atoms with E-state index in [9.17, 15) is 13.2 Å². The molecule has 166 valence electrons. The van der Waals surface area contributed by atoms with Gasteiger partial charge in [0.1, 0.15) is 0 Å². The Morgan fingerprint density at radius 1 is 0.938 bits per heavy atom. The largest absolute Gasteiger partial charge is 0.336 e. The molecule has 1 aromatic heterocycles. The fourth-order valence-corrected chi connectivity index (χ4v) is 4.95. The number of aryl methyl sites for hydroxylation is 2. The van der Waals surface area contributed by atoms with Crippen molar-refractivity contribution >= 4 is 22.0 Å². The van der Waals surface area contributed by atoms with Crippen molar-refractivity contribution in [2.45, 2.75) is 13.8 Å². The van der Waals surface area contributed by atoms with Crippen LogP contribution in [0.2, 0.25) is 0 Å². The molecule has 32 heavy (non-hydrogen) atoms. The van der Waals surface area contributed by atoms with Crippen molar-refractivity contribution in [2.24, 2.45) is 0 Å². The maximum absolute atomic E-state index is 12.9. The second kappa shape index (κ2) is 9.10. The van der Waals surface area contributed by atoms with E-state index < -0.39 is 10.0 Å². The molecule has 1 aliphatic rings. The summed E-state index contributed by atoms with van der Waals surface area (Å²) in [5.74, 6) is -0.0956. The standard InChI is InChI=1S/C24H26N4O3S/c1-19-18-20(2)28(25-19)23-10-8-22(9-11-23)24(29)26-13-15-27(16-14-26)32(30,31)17-12-21-6-4-3-5-7-21/h3-12,17-18H,13-16H2,1-2H3/b17-12+. The number of carbonyl (C=O) groups is 1. The van der Waals surface area contributed by atoms with Gasteiger partial charge in [-0.25, -0.2) is 13.1 Å². The van der Waals surface area contributed by atoms with Gasteiger partial charge >= 0.3 is 0 Å². The minimum absolute atomic E-state index is 0.0956. The quantitative estimate of drug-likeness (QED) is 0.598. The first-order chi connectivity index (χ1) is 15.3. The second-order valence-electron chi connectivity index (χ2n) is 7.84. The highest BCUT2D eigenvalue weighted by molar-refractivity contribution is 7.92. The highest BCUT2D eigenvalue weighted by Gasteiger charge is 2.27. The Balaban J connectivity index is 1.38. The summed E-state index contributed by atoms with van der Waals surface area (Å²) in [5, 5.41) is 5.70. The maximum Gasteiger partial charge on any atom is 0.253 e. The summed E-state index contributed by atoms with van der Waals surface area (Å²) < 4.78 is 28.5. The van der Waals surface area contributed by atoms with Crippen LogP contribution in [0.25, 0.3) is 11.8 Å². The Morgan fingerprint density at radius 3 is 2.19 bits per heavy atom. The molecule has 1 fully saturated rings. The fraction of sp³-hybridized carbons (Fsp3) is 0.250. The molecule has 2 aromatic carbocycles. The highest BCUT2D eigenvalue weighted by Crippen LogP contribution is 2.17. The van der Waals surface area contributed by atoms with Crippen molar-refractivity contribution in [1.82, 2.24) is 19.0 Å². The van der Waals surface area contributed by atoms with Gasteiger partial charge in [-0.1, -0.05) is 30.3 Å². The van der Waals surface area contributed by atoms with E-state index in [0.29, 0.717) is 18.7 Å². The number of amides is 1. The molecular formula is C24H26N4O3S. The summed E-state index contributed by atoms with van der Waals surface area (Å²) >= 11 is 0. The molecular weight excluding hydrogens is 424 g/mol. The molecule has 4 rings (SSSR count). The summed E-state index contributed by atoms with van der Waals surface area (Å²) in [6, 6.07) is 18.6. The van der Waals surface area contributed by atoms with Crippen molar-refractivity contribution in [2.75, 3.05) is 26.2 Å². The molecule has 2 heterocycles. The molecule has 3 aromatic rings. The zero-order valence-electron chi connectivity index (χ0n) is 18.2. The van der Waals surface area contributed by atoms with Crippen LogP contribution in [0, 0.1) is 13.8 Å². The molecule has 0 N–H and O–H groups in total. The molecule has 0 saturated carbocycles. The number of hydrogen-bond acceptors (Lipinski definition) is 4. The van der Waals surface area contributed by atoms with Crippen LogP contribution in [-0.4, -0.2) is 59.5 Å². The number of carbonyl (C=O) groups excluding carboxylic acids is 1. The van der Waals surface area contributed by atoms with Gasteiger partial charge in [0.05, 0.1) is 11.4 Å². The summed E-state index contributed by atoms with van der Waals surface area (Å²) in [4.78, 5) is 14.6. The average Bonchev–Trinajstić information content (AvgIpc) is 3.16. The number of hydrogen-bond donors (Lipinski definition) is 0. The molecule has 0 unspecified atom stereocenters. The van der Waals surface area contributed by atoms with E-state index in [1.54, 1.807) is 23.1 Å². The second-order valence-corrected chi connectivity index (χ2v) is 9.65. The lowest BCUT2D eigenvalue weighted by atomic mass is 10.1. The molecule has 8 heteroatoms. The number of sulfonamides is 1. The van der Waals surface area contributed by atoms with E-state index in [1.165, 1.54) is 9.71 Å². The molecule has 0 radical (unpaired) electrons. The van der Waals surface area contributed by atoms with E-state index in [2.05, 4.69) is 5.10 Å². The fourth-order valence-electron chi connectivity index (χ4n) is 3.78. The Labute approximate surface area is 188 Å². The van der Waals surface area contributed by atoms with E-state index in [-0.39, 0.29) is 19.0 Å². The number of benzene rings is 2. The summed E-state index contributed by atoms with van der Waals surface area (Å²) in [6.45, 7) is 5.20. The maximum atomic E-state index is 12.9. The van der Waals surface area contributed by atoms with Gasteiger partial charge in [-0.2, -0.15) is 9.40 Å². The predicted molar refractivity (Wildman–Crippen MR) is 125 cm³/mol. The van der Waals surface area contributed by atoms with Crippen LogP contribution < -0.4 is 0 Å². The lowest BCUT2D eigenvalue weighted by Gasteiger charge is -2.33. The van der Waals surface area contributed by atoms with Crippen molar-refractivity contribution in [3.63, 3.8) is 0 Å². The SMILES string of the molecule is Cc1cc(C)n(-c2ccc(C(=O)N3CCN(S(=O)(=O)/C=C/c4ccccc4)CC3)cc2)n1. The Morgan fingerprint density at radius 2 is 1.59 bits per heavy atom. The van der Waals surface area contributed by atoms with E-state index >= 15 is 0 Å². The van der Waals surface area contributed by atoms with Crippen LogP contribution in [0.3, 0.4) is 0 Å². The van der Waals surface area contributed by atoms with Crippen LogP contribution in [0.5, 0.6) is 0 Å². The molecule has 1 saturated heterocycles. The van der Waals surface area contributed by atoms with Gasteiger partial charge in [0.15, 0.2) is 0 Å². The third kappa shape index (κ3) is 4.81. The van der Waals surface area contributed by atoms with Gasteiger partial charge in [-0.15, -0.1) is 0 Å². The van der Waals surface area contributed by atoms with Gasteiger partial charge in [-0.3, -0.25) is 4.79 Å². The number of aromatic nitrogens is 2. The zero-order chi connectivity index (χ0) is 22.7. The average molecular weight is 451 g/mol. The van der Waals surface area contributed by atoms with E-state index in [1.807, 2.05) is 67.1 Å². The number of piperazine rings is 1. The number of rotatable bonds is 5. The van der Waals surface area contributed by atoms with Gasteiger partial charge in [0.2, 0.25) is 10.0 Å². The van der Waals surface area contributed by atoms with Crippen LogP contribution >= 0.6 is 0 Å². The third-order valence-corrected chi connectivity index (χ3v) is 7.05. The Kier molecular flexibility index (Phi) is 6.25. The first-order valence-corrected chi connectivity index (χ1v) is 12.0. The summed E-state index contributed by atoms with van der Waals surface area (Å²) in [7, 11) is -3.53. The van der Waals surface area contributed by atoms with Crippen molar-refractivity contribution < 1.29 is 13.2 Å². The molecule has 0 bridgehead atoms. The normalized spacial score (nSPS) is 15.4. The predicted octanol–water partition coefficient (Wildman–Crippen LogP) is 3.25. The highest BCUT2D eigenvalue weighted by atomic mass is 32.2. The zero-order valence-corrected chi connectivity index (χ0v) is 19.0. The van der Waals surface area contributed by atoms with Crippen LogP contribution in [-0.2, 0) is 10.0 Å². The molecule has 1 amide bonds. The summed E-state index contributed by atoms with van der Waals surface area (Å²) in [5.41, 5.74) is 4.27. The van der Waals surface area contributed by atoms with Crippen molar-refractivity contribution in [3.05, 3.63) is 88.6 Å². The topological polar surface area (TPSA) is 75.5 Å². The third-order valence-electron chi connectivity index (χ3n) is 5.49. The lowest BCUT2D eigenvalue weighted by molar-refractivity contribution is 0.0698. The van der Waals surface area contributed by atoms with Gasteiger partial charge in [0.25, 0.3) is 5.91 Å². The van der Waals surface area contributed by atoms with E-state index in [0.717, 1.165) is 22.6 Å². The molecule has 0 atom stereocenters. The van der Waals surface area contributed by atoms with Crippen molar-refractivity contribution in [1.29, 1.82) is 0 Å².